The van der Waals surface area contributed by atoms with Gasteiger partial charge in [0, 0.05) is 31.6 Å². The van der Waals surface area contributed by atoms with E-state index >= 15 is 0 Å². The van der Waals surface area contributed by atoms with Gasteiger partial charge >= 0.3 is 12.1 Å². The van der Waals surface area contributed by atoms with Gasteiger partial charge in [-0.1, -0.05) is 102 Å². The molecule has 5 amide bonds. The normalized spacial score (nSPS) is 15.5. The van der Waals surface area contributed by atoms with Gasteiger partial charge in [-0.3, -0.25) is 20.1 Å². The molecule has 15 nitrogen and oxygen atoms in total. The molecule has 312 valence electrons. The first-order valence-corrected chi connectivity index (χ1v) is 19.5. The summed E-state index contributed by atoms with van der Waals surface area (Å²) in [6.45, 7) is 12.3. The van der Waals surface area contributed by atoms with E-state index in [9.17, 15) is 24.3 Å². The minimum atomic E-state index is -1.22. The Morgan fingerprint density at radius 2 is 1.53 bits per heavy atom. The lowest BCUT2D eigenvalue weighted by Gasteiger charge is -2.38. The summed E-state index contributed by atoms with van der Waals surface area (Å²) in [5.74, 6) is -0.270. The second-order valence-electron chi connectivity index (χ2n) is 16.9. The second-order valence-corrected chi connectivity index (χ2v) is 16.9. The van der Waals surface area contributed by atoms with Crippen molar-refractivity contribution in [3.63, 3.8) is 0 Å². The molecule has 0 saturated carbocycles. The first-order valence-electron chi connectivity index (χ1n) is 19.5. The predicted molar refractivity (Wildman–Crippen MR) is 220 cm³/mol. The summed E-state index contributed by atoms with van der Waals surface area (Å²) in [6, 6.07) is 21.5. The van der Waals surface area contributed by atoms with E-state index in [-0.39, 0.29) is 25.5 Å². The number of urea groups is 1. The molecule has 5 rings (SSSR count). The van der Waals surface area contributed by atoms with E-state index in [2.05, 4.69) is 26.3 Å². The molecule has 15 heteroatoms. The summed E-state index contributed by atoms with van der Waals surface area (Å²) in [4.78, 5) is 58.1. The number of hydrogen-bond acceptors (Lipinski definition) is 9. The van der Waals surface area contributed by atoms with Gasteiger partial charge in [0.05, 0.1) is 44.1 Å². The highest BCUT2D eigenvalue weighted by Crippen LogP contribution is 2.30. The second kappa shape index (κ2) is 18.7. The molecule has 2 heterocycles. The molecule has 1 aliphatic rings. The Bertz CT molecular complexity index is 2010. The summed E-state index contributed by atoms with van der Waals surface area (Å²) in [5, 5.41) is 27.8. The number of hydrogen-bond donors (Lipinski definition) is 5. The predicted octanol–water partition coefficient (Wildman–Crippen LogP) is 4.62. The lowest BCUT2D eigenvalue weighted by atomic mass is 9.84. The molecular weight excluding hydrogens is 741 g/mol. The summed E-state index contributed by atoms with van der Waals surface area (Å²) in [7, 11) is 2.80. The quantitative estimate of drug-likeness (QED) is 0.101. The van der Waals surface area contributed by atoms with E-state index in [0.717, 1.165) is 27.7 Å². The number of nitrogens with one attached hydrogen (secondary N) is 4. The number of amides is 5. The molecule has 58 heavy (non-hydrogen) atoms. The van der Waals surface area contributed by atoms with Crippen molar-refractivity contribution in [3.05, 3.63) is 95.7 Å². The minimum absolute atomic E-state index is 0.112. The first kappa shape index (κ1) is 43.5. The highest BCUT2D eigenvalue weighted by atomic mass is 16.5. The maximum Gasteiger partial charge on any atom is 0.407 e. The van der Waals surface area contributed by atoms with Gasteiger partial charge in [0.25, 0.3) is 5.91 Å². The number of methoxy groups -OCH3 is 2. The van der Waals surface area contributed by atoms with Gasteiger partial charge in [0.1, 0.15) is 17.8 Å². The molecule has 0 aliphatic carbocycles. The van der Waals surface area contributed by atoms with Crippen LogP contribution in [0.25, 0.3) is 10.9 Å². The van der Waals surface area contributed by atoms with Crippen LogP contribution in [0.3, 0.4) is 0 Å². The molecule has 0 spiro atoms. The molecule has 4 aromatic rings. The van der Waals surface area contributed by atoms with E-state index in [4.69, 9.17) is 9.47 Å². The zero-order valence-electron chi connectivity index (χ0n) is 34.7. The highest BCUT2D eigenvalue weighted by Gasteiger charge is 2.44. The molecule has 1 fully saturated rings. The van der Waals surface area contributed by atoms with Crippen LogP contribution >= 0.6 is 0 Å². The zero-order chi connectivity index (χ0) is 42.2. The molecular formula is C43H58N8O7. The third kappa shape index (κ3) is 11.0. The van der Waals surface area contributed by atoms with Crippen molar-refractivity contribution >= 4 is 34.8 Å². The monoisotopic (exact) mass is 798 g/mol. The van der Waals surface area contributed by atoms with E-state index in [1.807, 2.05) is 108 Å². The molecule has 0 radical (unpaired) electrons. The van der Waals surface area contributed by atoms with Crippen LogP contribution in [-0.2, 0) is 33.8 Å². The van der Waals surface area contributed by atoms with E-state index < -0.39 is 53.0 Å². The van der Waals surface area contributed by atoms with Crippen LogP contribution in [0.2, 0.25) is 0 Å². The summed E-state index contributed by atoms with van der Waals surface area (Å²) < 4.78 is 10.1. The fraction of sp³-hybridized carbons (Fsp3) is 0.465. The lowest BCUT2D eigenvalue weighted by Crippen LogP contribution is -2.61. The minimum Gasteiger partial charge on any atom is -0.497 e. The number of aliphatic hydroxyl groups is 1. The van der Waals surface area contributed by atoms with E-state index in [1.165, 1.54) is 7.11 Å². The molecule has 3 aromatic carbocycles. The Morgan fingerprint density at radius 3 is 2.17 bits per heavy atom. The number of carbonyl (C=O) groups is 4. The Kier molecular flexibility index (Phi) is 14.0. The largest absolute Gasteiger partial charge is 0.497 e. The van der Waals surface area contributed by atoms with Crippen molar-refractivity contribution < 1.29 is 33.8 Å². The molecule has 5 N–H and O–H groups in total. The van der Waals surface area contributed by atoms with Gasteiger partial charge in [0.2, 0.25) is 5.91 Å². The fourth-order valence-electron chi connectivity index (χ4n) is 7.26. The van der Waals surface area contributed by atoms with Gasteiger partial charge in [-0.05, 0) is 46.6 Å². The number of ether oxygens (including phenoxy) is 2. The molecule has 0 unspecified atom stereocenters. The third-order valence-corrected chi connectivity index (χ3v) is 10.3. The van der Waals surface area contributed by atoms with E-state index in [0.29, 0.717) is 25.4 Å². The van der Waals surface area contributed by atoms with Gasteiger partial charge in [-0.25, -0.2) is 14.6 Å². The lowest BCUT2D eigenvalue weighted by molar-refractivity contribution is -0.133. The number of hydrazine groups is 1. The molecule has 1 saturated heterocycles. The first-order chi connectivity index (χ1) is 27.5. The molecule has 1 aliphatic heterocycles. The number of aliphatic hydroxyl groups excluding tert-OH is 1. The van der Waals surface area contributed by atoms with Crippen molar-refractivity contribution in [1.29, 1.82) is 0 Å². The standard InChI is InChI=1S/C43H58N8O7/c1-42(2,3)36(45-40(55)58-8)38(53)48-50(25-29-18-20-30(57-7)21-19-29)27-35(52)33(24-28-14-10-9-11-15-28)44-39(54)37(43(4,5)6)51-23-22-49(41(51)56)26-34-31-16-12-13-17-32(31)46-47-34/h9-21,33,35-37,52H,22-27H2,1-8H3,(H,44,54)(H,45,55)(H,46,47)(H,48,53)/t33-,35-,36+,37+/m0/s1. The number of carbonyl (C=O) groups excluding carboxylic acids is 4. The van der Waals surface area contributed by atoms with Gasteiger partial charge < -0.3 is 35.0 Å². The topological polar surface area (TPSA) is 181 Å². The van der Waals surface area contributed by atoms with Crippen molar-refractivity contribution in [2.45, 2.75) is 85.3 Å². The number of H-pyrrole nitrogens is 1. The van der Waals surface area contributed by atoms with Crippen LogP contribution in [0.15, 0.2) is 78.9 Å². The van der Waals surface area contributed by atoms with Crippen LogP contribution in [0.5, 0.6) is 5.75 Å². The number of alkyl carbamates (subject to hydrolysis) is 1. The Labute approximate surface area is 340 Å². The Morgan fingerprint density at radius 1 is 0.862 bits per heavy atom. The average molecular weight is 799 g/mol. The maximum atomic E-state index is 14.6. The van der Waals surface area contributed by atoms with Crippen molar-refractivity contribution in [2.24, 2.45) is 10.8 Å². The Hall–Kier alpha value is -5.67. The van der Waals surface area contributed by atoms with Crippen LogP contribution in [-0.4, -0.2) is 112 Å². The Balaban J connectivity index is 1.40. The molecule has 4 atom stereocenters. The molecule has 0 bridgehead atoms. The SMILES string of the molecule is COC(=O)N[C@H](C(=O)NN(Cc1ccc(OC)cc1)C[C@H](O)[C@H](Cc1ccccc1)NC(=O)[C@@H](N1CCN(Cc2[nH]nc3ccccc23)C1=O)C(C)(C)C)C(C)(C)C. The number of nitrogens with zero attached hydrogens (tertiary/aromatic N) is 4. The number of aromatic nitrogens is 2. The number of fused-ring (bicyclic) bond motifs is 1. The number of rotatable bonds is 16. The zero-order valence-corrected chi connectivity index (χ0v) is 34.7. The van der Waals surface area contributed by atoms with E-state index in [1.54, 1.807) is 34.1 Å². The number of para-hydroxylation sites is 1. The van der Waals surface area contributed by atoms with Crippen molar-refractivity contribution in [3.8, 4) is 5.75 Å². The molecule has 1 aromatic heterocycles. The maximum absolute atomic E-state index is 14.6. The van der Waals surface area contributed by atoms with Crippen LogP contribution in [0.1, 0.15) is 58.4 Å². The highest BCUT2D eigenvalue weighted by molar-refractivity contribution is 5.89. The summed E-state index contributed by atoms with van der Waals surface area (Å²) in [6.07, 6.45) is -1.72. The third-order valence-electron chi connectivity index (χ3n) is 10.3. The fourth-order valence-corrected chi connectivity index (χ4v) is 7.26. The van der Waals surface area contributed by atoms with Crippen LogP contribution in [0, 0.1) is 10.8 Å². The van der Waals surface area contributed by atoms with Gasteiger partial charge in [0.15, 0.2) is 0 Å². The van der Waals surface area contributed by atoms with Gasteiger partial charge in [-0.15, -0.1) is 0 Å². The summed E-state index contributed by atoms with van der Waals surface area (Å²) in [5.41, 5.74) is 4.83. The summed E-state index contributed by atoms with van der Waals surface area (Å²) >= 11 is 0. The average Bonchev–Trinajstić information content (AvgIpc) is 3.75. The van der Waals surface area contributed by atoms with Crippen molar-refractivity contribution in [1.82, 2.24) is 41.1 Å². The van der Waals surface area contributed by atoms with Crippen LogP contribution in [0.4, 0.5) is 9.59 Å². The number of aromatic amines is 1. The van der Waals surface area contributed by atoms with Crippen LogP contribution < -0.4 is 20.8 Å². The van der Waals surface area contributed by atoms with Gasteiger partial charge in [-0.2, -0.15) is 5.10 Å². The smallest absolute Gasteiger partial charge is 0.407 e. The van der Waals surface area contributed by atoms with Crippen molar-refractivity contribution in [2.75, 3.05) is 33.9 Å². The number of benzene rings is 3.